The first kappa shape index (κ1) is 35.9. The van der Waals surface area contributed by atoms with Gasteiger partial charge in [0.2, 0.25) is 0 Å². The van der Waals surface area contributed by atoms with E-state index in [1.165, 1.54) is 24.3 Å². The van der Waals surface area contributed by atoms with Crippen LogP contribution in [0.15, 0.2) is 99.7 Å². The van der Waals surface area contributed by atoms with Crippen molar-refractivity contribution in [3.8, 4) is 11.5 Å². The van der Waals surface area contributed by atoms with E-state index >= 15 is 0 Å². The van der Waals surface area contributed by atoms with Gasteiger partial charge in [0.25, 0.3) is 0 Å². The lowest BCUT2D eigenvalue weighted by molar-refractivity contribution is -0.137. The predicted octanol–water partition coefficient (Wildman–Crippen LogP) is 7.35. The molecule has 0 saturated carbocycles. The van der Waals surface area contributed by atoms with Gasteiger partial charge in [-0.15, -0.1) is 12.4 Å². The van der Waals surface area contributed by atoms with Crippen molar-refractivity contribution in [2.45, 2.75) is 39.4 Å². The lowest BCUT2D eigenvalue weighted by Gasteiger charge is -2.15. The number of esters is 1. The average Bonchev–Trinajstić information content (AvgIpc) is 2.96. The predicted molar refractivity (Wildman–Crippen MR) is 166 cm³/mol. The largest absolute Gasteiger partial charge is 0.504 e. The molecule has 2 N–H and O–H groups in total. The van der Waals surface area contributed by atoms with Crippen LogP contribution in [-0.2, 0) is 17.3 Å². The zero-order chi connectivity index (χ0) is 31.4. The second kappa shape index (κ2) is 17.1. The molecule has 0 aliphatic carbocycles. The molecule has 4 rings (SSSR count). The SMILES string of the molecule is CC(C)=CCOc1cc2oc(=O)ccc2cc1O.CC(Cc1cccc(C(F)(F)F)c1)NCCOC(=O)c1ccccc1.Cl. The number of fused-ring (bicyclic) bond motifs is 1. The lowest BCUT2D eigenvalue weighted by atomic mass is 10.0. The summed E-state index contributed by atoms with van der Waals surface area (Å²) in [5.74, 6) is -0.0687. The molecular weight excluding hydrogens is 599 g/mol. The minimum Gasteiger partial charge on any atom is -0.504 e. The topological polar surface area (TPSA) is 98.0 Å². The van der Waals surface area contributed by atoms with Gasteiger partial charge < -0.3 is 24.3 Å². The summed E-state index contributed by atoms with van der Waals surface area (Å²) in [6.07, 6.45) is -1.99. The van der Waals surface area contributed by atoms with Crippen LogP contribution in [-0.4, -0.2) is 36.9 Å². The van der Waals surface area contributed by atoms with Crippen LogP contribution >= 0.6 is 12.4 Å². The number of phenolic OH excluding ortho intramolecular Hbond substituents is 1. The molecule has 0 amide bonds. The van der Waals surface area contributed by atoms with E-state index in [1.54, 1.807) is 36.4 Å². The molecule has 0 spiro atoms. The van der Waals surface area contributed by atoms with Crippen LogP contribution in [0.5, 0.6) is 11.5 Å². The fourth-order valence-electron chi connectivity index (χ4n) is 3.91. The van der Waals surface area contributed by atoms with Gasteiger partial charge in [-0.25, -0.2) is 9.59 Å². The van der Waals surface area contributed by atoms with Crippen LogP contribution in [0.4, 0.5) is 13.2 Å². The molecule has 44 heavy (non-hydrogen) atoms. The molecular formula is C33H35ClF3NO6. The Kier molecular flexibility index (Phi) is 14.0. The summed E-state index contributed by atoms with van der Waals surface area (Å²) < 4.78 is 53.7. The summed E-state index contributed by atoms with van der Waals surface area (Å²) >= 11 is 0. The number of benzene rings is 3. The highest BCUT2D eigenvalue weighted by molar-refractivity contribution is 5.89. The van der Waals surface area contributed by atoms with Gasteiger partial charge in [-0.3, -0.25) is 0 Å². The van der Waals surface area contributed by atoms with Gasteiger partial charge in [-0.2, -0.15) is 13.2 Å². The Morgan fingerprint density at radius 1 is 1.02 bits per heavy atom. The summed E-state index contributed by atoms with van der Waals surface area (Å²) in [6.45, 7) is 6.78. The van der Waals surface area contributed by atoms with E-state index in [4.69, 9.17) is 13.9 Å². The zero-order valence-corrected chi connectivity index (χ0v) is 25.3. The molecule has 0 aliphatic rings. The minimum absolute atomic E-state index is 0. The van der Waals surface area contributed by atoms with Crippen molar-refractivity contribution in [1.29, 1.82) is 0 Å². The molecule has 1 atom stereocenters. The molecule has 0 radical (unpaired) electrons. The van der Waals surface area contributed by atoms with Crippen molar-refractivity contribution in [1.82, 2.24) is 5.32 Å². The van der Waals surface area contributed by atoms with E-state index in [9.17, 15) is 27.9 Å². The third kappa shape index (κ3) is 11.8. The Hall–Kier alpha value is -4.28. The van der Waals surface area contributed by atoms with Gasteiger partial charge in [0, 0.05) is 30.1 Å². The van der Waals surface area contributed by atoms with Crippen LogP contribution in [0.3, 0.4) is 0 Å². The van der Waals surface area contributed by atoms with Crippen LogP contribution in [0.1, 0.15) is 42.3 Å². The third-order valence-electron chi connectivity index (χ3n) is 6.07. The van der Waals surface area contributed by atoms with Crippen molar-refractivity contribution in [2.75, 3.05) is 19.8 Å². The van der Waals surface area contributed by atoms with Crippen molar-refractivity contribution < 1.29 is 37.0 Å². The van der Waals surface area contributed by atoms with Gasteiger partial charge in [0.05, 0.1) is 11.1 Å². The van der Waals surface area contributed by atoms with Crippen LogP contribution < -0.4 is 15.7 Å². The normalized spacial score (nSPS) is 11.4. The summed E-state index contributed by atoms with van der Waals surface area (Å²) in [6, 6.07) is 19.9. The molecule has 0 fully saturated rings. The van der Waals surface area contributed by atoms with Crippen molar-refractivity contribution in [3.63, 3.8) is 0 Å². The van der Waals surface area contributed by atoms with Gasteiger partial charge in [0.1, 0.15) is 18.8 Å². The monoisotopic (exact) mass is 633 g/mol. The van der Waals surface area contributed by atoms with E-state index in [0.717, 1.165) is 17.7 Å². The second-order valence-electron chi connectivity index (χ2n) is 9.96. The second-order valence-corrected chi connectivity index (χ2v) is 9.96. The maximum Gasteiger partial charge on any atom is 0.416 e. The number of hydrogen-bond acceptors (Lipinski definition) is 7. The Morgan fingerprint density at radius 2 is 1.75 bits per heavy atom. The Bertz CT molecular complexity index is 1580. The fourth-order valence-corrected chi connectivity index (χ4v) is 3.91. The molecule has 0 aliphatic heterocycles. The van der Waals surface area contributed by atoms with E-state index in [2.05, 4.69) is 5.32 Å². The molecule has 236 valence electrons. The molecule has 4 aromatic rings. The quantitative estimate of drug-likeness (QED) is 0.0816. The minimum atomic E-state index is -4.34. The smallest absolute Gasteiger partial charge is 0.416 e. The van der Waals surface area contributed by atoms with Gasteiger partial charge in [-0.1, -0.05) is 42.0 Å². The molecule has 11 heteroatoms. The van der Waals surface area contributed by atoms with E-state index < -0.39 is 23.3 Å². The number of halogens is 4. The number of carbonyl (C=O) groups is 1. The van der Waals surface area contributed by atoms with E-state index in [-0.39, 0.29) is 30.8 Å². The molecule has 0 bridgehead atoms. The number of alkyl halides is 3. The third-order valence-corrected chi connectivity index (χ3v) is 6.07. The molecule has 0 saturated heterocycles. The first-order valence-electron chi connectivity index (χ1n) is 13.6. The summed E-state index contributed by atoms with van der Waals surface area (Å²) in [5.41, 5.74) is 1.54. The maximum absolute atomic E-state index is 12.7. The number of nitrogens with one attached hydrogen (secondary N) is 1. The van der Waals surface area contributed by atoms with Crippen molar-refractivity contribution in [2.24, 2.45) is 0 Å². The van der Waals surface area contributed by atoms with Gasteiger partial charge in [-0.05, 0) is 69.2 Å². The number of ether oxygens (including phenoxy) is 2. The first-order chi connectivity index (χ1) is 20.4. The zero-order valence-electron chi connectivity index (χ0n) is 24.5. The summed E-state index contributed by atoms with van der Waals surface area (Å²) in [5, 5.41) is 13.6. The van der Waals surface area contributed by atoms with Crippen LogP contribution in [0, 0.1) is 0 Å². The van der Waals surface area contributed by atoms with Crippen LogP contribution in [0.25, 0.3) is 11.0 Å². The highest BCUT2D eigenvalue weighted by Crippen LogP contribution is 2.31. The Morgan fingerprint density at radius 3 is 2.43 bits per heavy atom. The fraction of sp³-hybridized carbons (Fsp3) is 0.273. The number of hydrogen-bond donors (Lipinski definition) is 2. The highest BCUT2D eigenvalue weighted by Gasteiger charge is 2.30. The van der Waals surface area contributed by atoms with Crippen molar-refractivity contribution in [3.05, 3.63) is 118 Å². The van der Waals surface area contributed by atoms with Crippen molar-refractivity contribution >= 4 is 29.3 Å². The molecule has 7 nitrogen and oxygen atoms in total. The molecule has 1 heterocycles. The Balaban J connectivity index is 0.000000315. The number of aromatic hydroxyl groups is 1. The number of phenols is 1. The molecule has 3 aromatic carbocycles. The lowest BCUT2D eigenvalue weighted by Crippen LogP contribution is -2.31. The average molecular weight is 634 g/mol. The highest BCUT2D eigenvalue weighted by atomic mass is 35.5. The number of allylic oxidation sites excluding steroid dienone is 1. The van der Waals surface area contributed by atoms with E-state index in [0.29, 0.717) is 47.4 Å². The van der Waals surface area contributed by atoms with E-state index in [1.807, 2.05) is 32.9 Å². The van der Waals surface area contributed by atoms with Gasteiger partial charge in [0.15, 0.2) is 11.5 Å². The summed E-state index contributed by atoms with van der Waals surface area (Å²) in [4.78, 5) is 22.9. The standard InChI is InChI=1S/C19H20F3NO2.C14H14O4.ClH/c1-14(12-15-6-5-9-17(13-15)19(20,21)22)23-10-11-25-18(24)16-7-3-2-4-8-16;1-9(2)5-6-17-13-8-12-10(7-11(13)15)3-4-14(16)18-12;/h2-9,13-14,23H,10-12H2,1H3;3-5,7-8,15H,6H2,1-2H3;1H. The first-order valence-corrected chi connectivity index (χ1v) is 13.6. The Labute approximate surface area is 259 Å². The van der Waals surface area contributed by atoms with Crippen LogP contribution in [0.2, 0.25) is 0 Å². The summed E-state index contributed by atoms with van der Waals surface area (Å²) in [7, 11) is 0. The maximum atomic E-state index is 12.7. The molecule has 1 unspecified atom stereocenters. The number of carbonyl (C=O) groups excluding carboxylic acids is 1. The number of rotatable bonds is 10. The molecule has 1 aromatic heterocycles. The van der Waals surface area contributed by atoms with Gasteiger partial charge >= 0.3 is 17.8 Å².